The average Bonchev–Trinajstić information content (AvgIpc) is 3.01. The van der Waals surface area contributed by atoms with E-state index in [4.69, 9.17) is 14.3 Å². The third-order valence-corrected chi connectivity index (χ3v) is 5.09. The van der Waals surface area contributed by atoms with Gasteiger partial charge < -0.3 is 19.2 Å². The fourth-order valence-electron chi connectivity index (χ4n) is 3.47. The molecule has 1 saturated heterocycles. The number of carbonyl (C=O) groups excluding carboxylic acids is 1. The minimum absolute atomic E-state index is 0.0946. The van der Waals surface area contributed by atoms with Crippen LogP contribution in [-0.4, -0.2) is 41.6 Å². The summed E-state index contributed by atoms with van der Waals surface area (Å²) in [5.74, 6) is -0.539. The third kappa shape index (κ3) is 3.99. The number of carboxylic acid groups (broad SMARTS) is 1. The molecule has 6 nitrogen and oxygen atoms in total. The van der Waals surface area contributed by atoms with E-state index in [9.17, 15) is 9.59 Å². The van der Waals surface area contributed by atoms with Gasteiger partial charge in [0.1, 0.15) is 11.3 Å². The lowest BCUT2D eigenvalue weighted by Crippen LogP contribution is -2.39. The number of piperidine rings is 1. The zero-order valence-electron chi connectivity index (χ0n) is 15.9. The second kappa shape index (κ2) is 7.86. The van der Waals surface area contributed by atoms with Crippen LogP contribution in [0.5, 0.6) is 5.75 Å². The van der Waals surface area contributed by atoms with Gasteiger partial charge in [-0.2, -0.15) is 0 Å². The molecule has 0 radical (unpaired) electrons. The van der Waals surface area contributed by atoms with Crippen molar-refractivity contribution >= 4 is 28.4 Å². The quantitative estimate of drug-likeness (QED) is 0.807. The van der Waals surface area contributed by atoms with Crippen molar-refractivity contribution in [2.75, 3.05) is 19.7 Å². The van der Waals surface area contributed by atoms with Crippen LogP contribution in [0.25, 0.3) is 16.5 Å². The van der Waals surface area contributed by atoms with Crippen molar-refractivity contribution in [1.29, 1.82) is 0 Å². The second-order valence-electron chi connectivity index (χ2n) is 6.96. The molecular weight excluding hydrogens is 346 g/mol. The van der Waals surface area contributed by atoms with Crippen LogP contribution in [0.4, 0.5) is 0 Å². The minimum Gasteiger partial charge on any atom is -0.493 e. The Morgan fingerprint density at radius 1 is 1.33 bits per heavy atom. The van der Waals surface area contributed by atoms with E-state index >= 15 is 0 Å². The summed E-state index contributed by atoms with van der Waals surface area (Å²) in [6.45, 7) is 7.24. The second-order valence-corrected chi connectivity index (χ2v) is 6.96. The molecule has 2 aromatic rings. The van der Waals surface area contributed by atoms with Crippen LogP contribution >= 0.6 is 0 Å². The molecule has 1 aromatic carbocycles. The summed E-state index contributed by atoms with van der Waals surface area (Å²) in [5, 5.41) is 10.1. The summed E-state index contributed by atoms with van der Waals surface area (Å²) in [7, 11) is 0. The number of aryl methyl sites for hydroxylation is 1. The van der Waals surface area contributed by atoms with Gasteiger partial charge in [-0.05, 0) is 50.8 Å². The van der Waals surface area contributed by atoms with Crippen LogP contribution in [0, 0.1) is 12.8 Å². The summed E-state index contributed by atoms with van der Waals surface area (Å²) in [6.07, 6.45) is 4.32. The highest BCUT2D eigenvalue weighted by Gasteiger charge is 2.26. The lowest BCUT2D eigenvalue weighted by atomic mass is 9.96. The molecule has 3 rings (SSSR count). The van der Waals surface area contributed by atoms with Crippen molar-refractivity contribution in [3.05, 3.63) is 35.6 Å². The van der Waals surface area contributed by atoms with Gasteiger partial charge in [0.15, 0.2) is 0 Å². The van der Waals surface area contributed by atoms with Crippen molar-refractivity contribution in [2.24, 2.45) is 5.92 Å². The Morgan fingerprint density at radius 2 is 2.04 bits per heavy atom. The first-order valence-corrected chi connectivity index (χ1v) is 9.25. The molecule has 144 valence electrons. The van der Waals surface area contributed by atoms with Gasteiger partial charge in [0.25, 0.3) is 0 Å². The highest BCUT2D eigenvalue weighted by molar-refractivity contribution is 5.97. The van der Waals surface area contributed by atoms with Gasteiger partial charge in [-0.15, -0.1) is 0 Å². The van der Waals surface area contributed by atoms with Crippen molar-refractivity contribution < 1.29 is 23.8 Å². The predicted molar refractivity (Wildman–Crippen MR) is 103 cm³/mol. The number of carbonyl (C=O) groups is 2. The number of fused-ring (bicyclic) bond motifs is 1. The number of carboxylic acids is 1. The van der Waals surface area contributed by atoms with Gasteiger partial charge >= 0.3 is 5.97 Å². The number of rotatable bonds is 5. The van der Waals surface area contributed by atoms with Crippen LogP contribution < -0.4 is 4.74 Å². The molecular formula is C21H25NO5. The number of allylic oxidation sites excluding steroid dienone is 1. The molecule has 1 aromatic heterocycles. The normalized spacial score (nSPS) is 16.0. The Morgan fingerprint density at radius 3 is 2.67 bits per heavy atom. The van der Waals surface area contributed by atoms with Crippen LogP contribution in [-0.2, 0) is 9.59 Å². The van der Waals surface area contributed by atoms with Gasteiger partial charge in [-0.3, -0.25) is 9.59 Å². The smallest absolute Gasteiger partial charge is 0.306 e. The number of ether oxygens (including phenoxy) is 1. The largest absolute Gasteiger partial charge is 0.493 e. The highest BCUT2D eigenvalue weighted by atomic mass is 16.5. The summed E-state index contributed by atoms with van der Waals surface area (Å²) in [6, 6.07) is 3.86. The minimum atomic E-state index is -0.779. The Labute approximate surface area is 158 Å². The molecule has 0 atom stereocenters. The van der Waals surface area contributed by atoms with Crippen molar-refractivity contribution in [2.45, 2.75) is 33.6 Å². The summed E-state index contributed by atoms with van der Waals surface area (Å²) in [4.78, 5) is 25.4. The Kier molecular flexibility index (Phi) is 5.54. The van der Waals surface area contributed by atoms with E-state index in [0.717, 1.165) is 27.7 Å². The monoisotopic (exact) mass is 371 g/mol. The molecule has 27 heavy (non-hydrogen) atoms. The molecule has 1 amide bonds. The van der Waals surface area contributed by atoms with Gasteiger partial charge in [-0.25, -0.2) is 0 Å². The molecule has 0 saturated carbocycles. The van der Waals surface area contributed by atoms with Gasteiger partial charge in [0, 0.05) is 36.2 Å². The number of furan rings is 1. The lowest BCUT2D eigenvalue weighted by Gasteiger charge is -2.29. The summed E-state index contributed by atoms with van der Waals surface area (Å²) in [5.41, 5.74) is 3.47. The molecule has 1 aliphatic heterocycles. The lowest BCUT2D eigenvalue weighted by molar-refractivity contribution is -0.144. The fraction of sp³-hybridized carbons (Fsp3) is 0.429. The van der Waals surface area contributed by atoms with Crippen LogP contribution in [0.15, 0.2) is 28.9 Å². The first kappa shape index (κ1) is 19.0. The van der Waals surface area contributed by atoms with E-state index < -0.39 is 5.97 Å². The number of hydrogen-bond acceptors (Lipinski definition) is 4. The fourth-order valence-corrected chi connectivity index (χ4v) is 3.47. The van der Waals surface area contributed by atoms with E-state index in [0.29, 0.717) is 38.3 Å². The molecule has 1 aliphatic rings. The average molecular weight is 371 g/mol. The van der Waals surface area contributed by atoms with E-state index in [2.05, 4.69) is 0 Å². The molecule has 0 aliphatic carbocycles. The molecule has 1 fully saturated rings. The highest BCUT2D eigenvalue weighted by Crippen LogP contribution is 2.33. The zero-order valence-corrected chi connectivity index (χ0v) is 15.9. The Hall–Kier alpha value is -2.76. The number of amides is 1. The van der Waals surface area contributed by atoms with Crippen molar-refractivity contribution in [1.82, 2.24) is 4.90 Å². The number of aliphatic carboxylic acids is 1. The summed E-state index contributed by atoms with van der Waals surface area (Å²) >= 11 is 0. The maximum Gasteiger partial charge on any atom is 0.306 e. The first-order valence-electron chi connectivity index (χ1n) is 9.25. The number of hydrogen-bond donors (Lipinski definition) is 1. The van der Waals surface area contributed by atoms with Crippen molar-refractivity contribution in [3.63, 3.8) is 0 Å². The molecule has 1 N–H and O–H groups in total. The maximum absolute atomic E-state index is 12.7. The SMILES string of the molecule is CCOc1cc2occ(C)c2cc1/C(C)=C/C(=O)N1CCC(C(=O)O)CC1. The Bertz CT molecular complexity index is 887. The standard InChI is InChI=1S/C21H25NO5/c1-4-26-18-11-19-17(14(3)12-27-19)10-16(18)13(2)9-20(23)22-7-5-15(6-8-22)21(24)25/h9-12,15H,4-8H2,1-3H3,(H,24,25)/b13-9+. The zero-order chi connectivity index (χ0) is 19.6. The van der Waals surface area contributed by atoms with E-state index in [1.807, 2.05) is 32.9 Å². The molecule has 0 unspecified atom stereocenters. The first-order chi connectivity index (χ1) is 12.9. The summed E-state index contributed by atoms with van der Waals surface area (Å²) < 4.78 is 11.3. The maximum atomic E-state index is 12.7. The van der Waals surface area contributed by atoms with Crippen LogP contribution in [0.1, 0.15) is 37.8 Å². The molecule has 6 heteroatoms. The topological polar surface area (TPSA) is 80.0 Å². The van der Waals surface area contributed by atoms with Crippen molar-refractivity contribution in [3.8, 4) is 5.75 Å². The van der Waals surface area contributed by atoms with E-state index in [1.165, 1.54) is 0 Å². The molecule has 2 heterocycles. The number of benzene rings is 1. The van der Waals surface area contributed by atoms with Crippen LogP contribution in [0.2, 0.25) is 0 Å². The van der Waals surface area contributed by atoms with Gasteiger partial charge in [0.05, 0.1) is 18.8 Å². The Balaban J connectivity index is 1.84. The van der Waals surface area contributed by atoms with E-state index in [-0.39, 0.29) is 11.8 Å². The number of nitrogens with zero attached hydrogens (tertiary/aromatic N) is 1. The molecule has 0 bridgehead atoms. The predicted octanol–water partition coefficient (Wildman–Crippen LogP) is 3.87. The molecule has 0 spiro atoms. The number of likely N-dealkylation sites (tertiary alicyclic amines) is 1. The third-order valence-electron chi connectivity index (χ3n) is 5.09. The van der Waals surface area contributed by atoms with E-state index in [1.54, 1.807) is 17.2 Å². The van der Waals surface area contributed by atoms with Gasteiger partial charge in [-0.1, -0.05) is 0 Å². The van der Waals surface area contributed by atoms with Crippen LogP contribution in [0.3, 0.4) is 0 Å². The van der Waals surface area contributed by atoms with Gasteiger partial charge in [0.2, 0.25) is 5.91 Å².